The van der Waals surface area contributed by atoms with Gasteiger partial charge in [-0.1, -0.05) is 11.6 Å². The predicted octanol–water partition coefficient (Wildman–Crippen LogP) is 3.69. The molecule has 0 unspecified atom stereocenters. The Hall–Kier alpha value is -2.34. The topological polar surface area (TPSA) is 72.5 Å². The number of aromatic carboxylic acids is 1. The Morgan fingerprint density at radius 1 is 1.20 bits per heavy atom. The van der Waals surface area contributed by atoms with Crippen molar-refractivity contribution in [2.75, 3.05) is 5.73 Å². The molecule has 0 fully saturated rings. The zero-order valence-electron chi connectivity index (χ0n) is 9.86. The number of halogens is 3. The molecule has 3 N–H and O–H groups in total. The first-order chi connectivity index (χ1) is 9.38. The third kappa shape index (κ3) is 2.80. The molecular formula is C13H8ClF2NO3. The number of hydrogen-bond donors (Lipinski definition) is 2. The summed E-state index contributed by atoms with van der Waals surface area (Å²) in [6.45, 7) is 0. The summed E-state index contributed by atoms with van der Waals surface area (Å²) >= 11 is 5.50. The van der Waals surface area contributed by atoms with Gasteiger partial charge in [0.15, 0.2) is 11.6 Å². The van der Waals surface area contributed by atoms with Crippen molar-refractivity contribution < 1.29 is 23.4 Å². The van der Waals surface area contributed by atoms with Gasteiger partial charge in [-0.05, 0) is 12.1 Å². The van der Waals surface area contributed by atoms with Crippen molar-refractivity contribution in [1.82, 2.24) is 0 Å². The van der Waals surface area contributed by atoms with E-state index in [0.717, 1.165) is 18.2 Å². The van der Waals surface area contributed by atoms with Gasteiger partial charge in [-0.25, -0.2) is 13.6 Å². The fraction of sp³-hybridized carbons (Fsp3) is 0. The highest BCUT2D eigenvalue weighted by atomic mass is 35.5. The second-order valence-electron chi connectivity index (χ2n) is 3.85. The van der Waals surface area contributed by atoms with Crippen LogP contribution in [0.25, 0.3) is 0 Å². The number of anilines is 1. The average molecular weight is 300 g/mol. The van der Waals surface area contributed by atoms with Crippen molar-refractivity contribution in [3.05, 3.63) is 52.6 Å². The molecule has 0 spiro atoms. The van der Waals surface area contributed by atoms with Crippen LogP contribution in [0.2, 0.25) is 5.02 Å². The maximum atomic E-state index is 13.6. The molecule has 2 aromatic carbocycles. The lowest BCUT2D eigenvalue weighted by Crippen LogP contribution is -2.04. The number of hydrogen-bond acceptors (Lipinski definition) is 3. The van der Waals surface area contributed by atoms with Crippen molar-refractivity contribution in [2.24, 2.45) is 0 Å². The van der Waals surface area contributed by atoms with Crippen LogP contribution in [0.5, 0.6) is 11.5 Å². The quantitative estimate of drug-likeness (QED) is 0.848. The van der Waals surface area contributed by atoms with Gasteiger partial charge >= 0.3 is 5.97 Å². The molecule has 7 heteroatoms. The number of carbonyl (C=O) groups is 1. The first-order valence-corrected chi connectivity index (χ1v) is 5.71. The second kappa shape index (κ2) is 5.34. The molecule has 20 heavy (non-hydrogen) atoms. The number of ether oxygens (including phenoxy) is 1. The molecular weight excluding hydrogens is 292 g/mol. The molecule has 2 aromatic rings. The van der Waals surface area contributed by atoms with Crippen LogP contribution in [-0.2, 0) is 0 Å². The van der Waals surface area contributed by atoms with E-state index in [1.807, 2.05) is 0 Å². The van der Waals surface area contributed by atoms with Crippen molar-refractivity contribution in [2.45, 2.75) is 0 Å². The molecule has 0 amide bonds. The Kier molecular flexibility index (Phi) is 3.76. The van der Waals surface area contributed by atoms with E-state index in [0.29, 0.717) is 0 Å². The van der Waals surface area contributed by atoms with E-state index < -0.39 is 17.6 Å². The molecule has 0 aliphatic heterocycles. The summed E-state index contributed by atoms with van der Waals surface area (Å²) in [5.41, 5.74) is 4.83. The molecule has 0 aromatic heterocycles. The lowest BCUT2D eigenvalue weighted by molar-refractivity contribution is 0.0697. The fourth-order valence-electron chi connectivity index (χ4n) is 1.50. The van der Waals surface area contributed by atoms with Gasteiger partial charge in [-0.2, -0.15) is 0 Å². The van der Waals surface area contributed by atoms with Crippen LogP contribution < -0.4 is 10.5 Å². The summed E-state index contributed by atoms with van der Waals surface area (Å²) in [4.78, 5) is 10.9. The van der Waals surface area contributed by atoms with Gasteiger partial charge in [0, 0.05) is 23.9 Å². The Morgan fingerprint density at radius 3 is 2.50 bits per heavy atom. The third-order valence-corrected chi connectivity index (χ3v) is 2.76. The summed E-state index contributed by atoms with van der Waals surface area (Å²) in [6.07, 6.45) is 0. The van der Waals surface area contributed by atoms with Crippen molar-refractivity contribution in [3.63, 3.8) is 0 Å². The zero-order chi connectivity index (χ0) is 14.9. The van der Waals surface area contributed by atoms with Gasteiger partial charge < -0.3 is 15.6 Å². The highest BCUT2D eigenvalue weighted by molar-refractivity contribution is 6.30. The summed E-state index contributed by atoms with van der Waals surface area (Å²) in [6, 6.07) is 5.27. The molecule has 104 valence electrons. The SMILES string of the molecule is Nc1cc(F)c(Oc2ccc(Cl)c(F)c2)cc1C(=O)O. The zero-order valence-corrected chi connectivity index (χ0v) is 10.6. The highest BCUT2D eigenvalue weighted by Crippen LogP contribution is 2.30. The summed E-state index contributed by atoms with van der Waals surface area (Å²) in [5, 5.41) is 8.78. The van der Waals surface area contributed by atoms with Crippen LogP contribution in [0, 0.1) is 11.6 Å². The second-order valence-corrected chi connectivity index (χ2v) is 4.26. The average Bonchev–Trinajstić information content (AvgIpc) is 2.36. The van der Waals surface area contributed by atoms with Gasteiger partial charge in [0.1, 0.15) is 11.6 Å². The molecule has 0 radical (unpaired) electrons. The van der Waals surface area contributed by atoms with Crippen LogP contribution in [0.4, 0.5) is 14.5 Å². The number of carboxylic acids is 1. The molecule has 4 nitrogen and oxygen atoms in total. The van der Waals surface area contributed by atoms with Gasteiger partial charge in [-0.15, -0.1) is 0 Å². The number of carboxylic acid groups (broad SMARTS) is 1. The summed E-state index contributed by atoms with van der Waals surface area (Å²) < 4.78 is 32.0. The molecule has 0 atom stereocenters. The van der Waals surface area contributed by atoms with Crippen molar-refractivity contribution in [3.8, 4) is 11.5 Å². The predicted molar refractivity (Wildman–Crippen MR) is 69.3 cm³/mol. The van der Waals surface area contributed by atoms with E-state index in [1.54, 1.807) is 0 Å². The minimum absolute atomic E-state index is 0.0214. The summed E-state index contributed by atoms with van der Waals surface area (Å²) in [5.74, 6) is -3.32. The van der Waals surface area contributed by atoms with Crippen LogP contribution in [0.15, 0.2) is 30.3 Å². The molecule has 0 bridgehead atoms. The molecule has 2 rings (SSSR count). The van der Waals surface area contributed by atoms with Gasteiger partial charge in [0.25, 0.3) is 0 Å². The summed E-state index contributed by atoms with van der Waals surface area (Å²) in [7, 11) is 0. The molecule has 0 aliphatic rings. The Balaban J connectivity index is 2.40. The van der Waals surface area contributed by atoms with Gasteiger partial charge in [0.2, 0.25) is 0 Å². The van der Waals surface area contributed by atoms with Crippen molar-refractivity contribution in [1.29, 1.82) is 0 Å². The minimum Gasteiger partial charge on any atom is -0.478 e. The van der Waals surface area contributed by atoms with Crippen LogP contribution in [0.3, 0.4) is 0 Å². The normalized spacial score (nSPS) is 10.3. The van der Waals surface area contributed by atoms with E-state index in [9.17, 15) is 13.6 Å². The maximum absolute atomic E-state index is 13.6. The van der Waals surface area contributed by atoms with Gasteiger partial charge in [0.05, 0.1) is 10.6 Å². The highest BCUT2D eigenvalue weighted by Gasteiger charge is 2.15. The lowest BCUT2D eigenvalue weighted by atomic mass is 10.1. The molecule has 0 heterocycles. The van der Waals surface area contributed by atoms with E-state index in [4.69, 9.17) is 27.2 Å². The largest absolute Gasteiger partial charge is 0.478 e. The number of rotatable bonds is 3. The Bertz CT molecular complexity index is 692. The first-order valence-electron chi connectivity index (χ1n) is 5.33. The molecule has 0 aliphatic carbocycles. The van der Waals surface area contributed by atoms with Crippen LogP contribution in [0.1, 0.15) is 10.4 Å². The number of nitrogen functional groups attached to an aromatic ring is 1. The van der Waals surface area contributed by atoms with Crippen LogP contribution >= 0.6 is 11.6 Å². The molecule has 0 saturated heterocycles. The number of nitrogens with two attached hydrogens (primary N) is 1. The van der Waals surface area contributed by atoms with Gasteiger partial charge in [-0.3, -0.25) is 0 Å². The third-order valence-electron chi connectivity index (χ3n) is 2.45. The Labute approximate surface area is 117 Å². The monoisotopic (exact) mass is 299 g/mol. The van der Waals surface area contributed by atoms with E-state index in [2.05, 4.69) is 0 Å². The van der Waals surface area contributed by atoms with E-state index in [1.165, 1.54) is 12.1 Å². The number of benzene rings is 2. The standard InChI is InChI=1S/C13H8ClF2NO3/c14-8-2-1-6(3-9(8)15)20-12-4-7(13(18)19)11(17)5-10(12)16/h1-5H,17H2,(H,18,19). The first kappa shape index (κ1) is 14.1. The minimum atomic E-state index is -1.32. The van der Waals surface area contributed by atoms with Crippen LogP contribution in [-0.4, -0.2) is 11.1 Å². The Morgan fingerprint density at radius 2 is 1.90 bits per heavy atom. The lowest BCUT2D eigenvalue weighted by Gasteiger charge is -2.09. The van der Waals surface area contributed by atoms with Crippen molar-refractivity contribution >= 4 is 23.3 Å². The molecule has 0 saturated carbocycles. The van der Waals surface area contributed by atoms with E-state index in [-0.39, 0.29) is 27.8 Å². The fourth-order valence-corrected chi connectivity index (χ4v) is 1.62. The van der Waals surface area contributed by atoms with E-state index >= 15 is 0 Å². The maximum Gasteiger partial charge on any atom is 0.337 e. The smallest absolute Gasteiger partial charge is 0.337 e.